The van der Waals surface area contributed by atoms with Crippen LogP contribution in [0.3, 0.4) is 0 Å². The lowest BCUT2D eigenvalue weighted by atomic mass is 10.1. The number of nitrogens with zero attached hydrogens (tertiary/aromatic N) is 3. The molecule has 31 heavy (non-hydrogen) atoms. The van der Waals surface area contributed by atoms with Gasteiger partial charge < -0.3 is 20.3 Å². The maximum Gasteiger partial charge on any atom is 0.387 e. The summed E-state index contributed by atoms with van der Waals surface area (Å²) in [6, 6.07) is 10.6. The number of amides is 1. The van der Waals surface area contributed by atoms with Crippen molar-refractivity contribution in [3.63, 3.8) is 0 Å². The molecule has 1 amide bonds. The van der Waals surface area contributed by atoms with E-state index in [0.29, 0.717) is 31.0 Å². The van der Waals surface area contributed by atoms with E-state index < -0.39 is 6.61 Å². The van der Waals surface area contributed by atoms with Crippen LogP contribution in [-0.2, 0) is 17.8 Å². The summed E-state index contributed by atoms with van der Waals surface area (Å²) in [5, 5.41) is 6.04. The van der Waals surface area contributed by atoms with E-state index in [4.69, 9.17) is 0 Å². The molecule has 0 radical (unpaired) electrons. The number of aryl methyl sites for hydroxylation is 1. The highest BCUT2D eigenvalue weighted by molar-refractivity contribution is 5.86. The number of rotatable bonds is 10. The number of hydrogen-bond donors (Lipinski definition) is 2. The van der Waals surface area contributed by atoms with Crippen molar-refractivity contribution in [2.24, 2.45) is 4.99 Å². The second-order valence-corrected chi connectivity index (χ2v) is 6.92. The molecular weight excluding hydrogens is 404 g/mol. The van der Waals surface area contributed by atoms with Gasteiger partial charge in [-0.1, -0.05) is 23.8 Å². The third-order valence-corrected chi connectivity index (χ3v) is 4.45. The van der Waals surface area contributed by atoms with Gasteiger partial charge in [0.15, 0.2) is 5.96 Å². The summed E-state index contributed by atoms with van der Waals surface area (Å²) in [5.41, 5.74) is 2.37. The second-order valence-electron chi connectivity index (χ2n) is 6.92. The molecule has 0 atom stereocenters. The van der Waals surface area contributed by atoms with Gasteiger partial charge >= 0.3 is 6.61 Å². The molecule has 0 fully saturated rings. The average Bonchev–Trinajstić information content (AvgIpc) is 2.75. The smallest absolute Gasteiger partial charge is 0.387 e. The molecule has 1 aromatic heterocycles. The number of nitrogens with one attached hydrogen (secondary N) is 2. The van der Waals surface area contributed by atoms with Crippen molar-refractivity contribution >= 4 is 11.9 Å². The Balaban J connectivity index is 1.94. The van der Waals surface area contributed by atoms with Crippen LogP contribution in [0.4, 0.5) is 8.78 Å². The van der Waals surface area contributed by atoms with Gasteiger partial charge in [0.2, 0.25) is 5.91 Å². The van der Waals surface area contributed by atoms with E-state index in [2.05, 4.69) is 25.3 Å². The van der Waals surface area contributed by atoms with Crippen molar-refractivity contribution in [1.82, 2.24) is 20.5 Å². The third-order valence-electron chi connectivity index (χ3n) is 4.45. The van der Waals surface area contributed by atoms with Crippen molar-refractivity contribution in [2.45, 2.75) is 33.4 Å². The number of hydrogen-bond acceptors (Lipinski definition) is 4. The number of carbonyl (C=O) groups is 1. The molecule has 0 saturated heterocycles. The molecule has 2 N–H and O–H groups in total. The number of aliphatic imine (C=N–C) groups is 1. The van der Waals surface area contributed by atoms with Crippen LogP contribution < -0.4 is 15.4 Å². The number of carbonyl (C=O) groups excluding carboxylic acids is 1. The van der Waals surface area contributed by atoms with Crippen LogP contribution in [-0.4, -0.2) is 55.0 Å². The quantitative estimate of drug-likeness (QED) is 0.445. The van der Waals surface area contributed by atoms with Crippen molar-refractivity contribution in [2.75, 3.05) is 26.7 Å². The highest BCUT2D eigenvalue weighted by Gasteiger charge is 2.12. The average molecular weight is 434 g/mol. The highest BCUT2D eigenvalue weighted by atomic mass is 19.3. The lowest BCUT2D eigenvalue weighted by molar-refractivity contribution is -0.128. The predicted molar refractivity (Wildman–Crippen MR) is 116 cm³/mol. The molecule has 1 heterocycles. The van der Waals surface area contributed by atoms with Gasteiger partial charge in [-0.2, -0.15) is 8.78 Å². The Morgan fingerprint density at radius 3 is 2.74 bits per heavy atom. The Morgan fingerprint density at radius 1 is 1.26 bits per heavy atom. The molecule has 1 aromatic carbocycles. The first-order chi connectivity index (χ1) is 14.9. The van der Waals surface area contributed by atoms with Crippen molar-refractivity contribution in [3.05, 3.63) is 59.4 Å². The molecule has 2 rings (SSSR count). The minimum atomic E-state index is -2.91. The Bertz CT molecular complexity index is 862. The van der Waals surface area contributed by atoms with Gasteiger partial charge in [-0.05, 0) is 32.0 Å². The van der Waals surface area contributed by atoms with Gasteiger partial charge in [-0.3, -0.25) is 9.78 Å². The zero-order valence-corrected chi connectivity index (χ0v) is 18.1. The fourth-order valence-corrected chi connectivity index (χ4v) is 2.80. The number of likely N-dealkylation sites (N-methyl/N-ethyl adjacent to an activating group) is 1. The fourth-order valence-electron chi connectivity index (χ4n) is 2.80. The number of alkyl halides is 2. The number of halogens is 2. The summed E-state index contributed by atoms with van der Waals surface area (Å²) in [7, 11) is 1.73. The molecular formula is C22H29F2N5O2. The Hall–Kier alpha value is -3.23. The normalized spacial score (nSPS) is 11.4. The lowest BCUT2D eigenvalue weighted by Crippen LogP contribution is -2.44. The van der Waals surface area contributed by atoms with Crippen LogP contribution in [0.5, 0.6) is 5.75 Å². The molecule has 0 bridgehead atoms. The van der Waals surface area contributed by atoms with E-state index in [0.717, 1.165) is 11.3 Å². The van der Waals surface area contributed by atoms with Gasteiger partial charge in [0.25, 0.3) is 0 Å². The highest BCUT2D eigenvalue weighted by Crippen LogP contribution is 2.22. The summed E-state index contributed by atoms with van der Waals surface area (Å²) >= 11 is 0. The third kappa shape index (κ3) is 8.57. The molecule has 0 saturated carbocycles. The van der Waals surface area contributed by atoms with E-state index in [-0.39, 0.29) is 24.7 Å². The zero-order valence-electron chi connectivity index (χ0n) is 18.1. The standard InChI is InChI=1S/C22H29F2N5O2/c1-4-25-22(27-14-17-13-16(2)8-9-19(17)31-21(23)24)28-15-20(30)29(3)12-10-18-7-5-6-11-26-18/h5-9,11,13,21H,4,10,12,14-15H2,1-3H3,(H2,25,27,28). The maximum absolute atomic E-state index is 12.6. The minimum Gasteiger partial charge on any atom is -0.434 e. The molecule has 168 valence electrons. The molecule has 9 heteroatoms. The lowest BCUT2D eigenvalue weighted by Gasteiger charge is -2.18. The van der Waals surface area contributed by atoms with E-state index in [1.807, 2.05) is 32.0 Å². The van der Waals surface area contributed by atoms with Crippen molar-refractivity contribution < 1.29 is 18.3 Å². The number of pyridine rings is 1. The number of guanidine groups is 1. The summed E-state index contributed by atoms with van der Waals surface area (Å²) in [6.07, 6.45) is 2.39. The van der Waals surface area contributed by atoms with Gasteiger partial charge in [0.1, 0.15) is 5.75 Å². The van der Waals surface area contributed by atoms with Gasteiger partial charge in [0.05, 0.1) is 13.1 Å². The molecule has 0 aliphatic heterocycles. The molecule has 0 aliphatic rings. The van der Waals surface area contributed by atoms with Crippen LogP contribution in [0, 0.1) is 6.92 Å². The topological polar surface area (TPSA) is 78.9 Å². The van der Waals surface area contributed by atoms with E-state index >= 15 is 0 Å². The fraction of sp³-hybridized carbons (Fsp3) is 0.409. The first-order valence-electron chi connectivity index (χ1n) is 10.1. The van der Waals surface area contributed by atoms with Crippen LogP contribution in [0.25, 0.3) is 0 Å². The Kier molecular flexibility index (Phi) is 9.67. The second kappa shape index (κ2) is 12.5. The largest absolute Gasteiger partial charge is 0.434 e. The molecule has 0 spiro atoms. The zero-order chi connectivity index (χ0) is 22.6. The van der Waals surface area contributed by atoms with Gasteiger partial charge in [-0.15, -0.1) is 0 Å². The van der Waals surface area contributed by atoms with E-state index in [1.165, 1.54) is 6.07 Å². The Labute approximate surface area is 181 Å². The summed E-state index contributed by atoms with van der Waals surface area (Å²) in [5.74, 6) is 0.405. The number of ether oxygens (including phenoxy) is 1. The van der Waals surface area contributed by atoms with Crippen molar-refractivity contribution in [3.8, 4) is 5.75 Å². The Morgan fingerprint density at radius 2 is 2.06 bits per heavy atom. The summed E-state index contributed by atoms with van der Waals surface area (Å²) < 4.78 is 29.9. The van der Waals surface area contributed by atoms with E-state index in [1.54, 1.807) is 30.3 Å². The SMILES string of the molecule is CCNC(=NCc1cc(C)ccc1OC(F)F)NCC(=O)N(C)CCc1ccccn1. The van der Waals surface area contributed by atoms with Gasteiger partial charge in [-0.25, -0.2) is 4.99 Å². The first-order valence-corrected chi connectivity index (χ1v) is 10.1. The molecule has 2 aromatic rings. The number of aromatic nitrogens is 1. The predicted octanol–water partition coefficient (Wildman–Crippen LogP) is 2.75. The number of benzene rings is 1. The molecule has 7 nitrogen and oxygen atoms in total. The molecule has 0 unspecified atom stereocenters. The van der Waals surface area contributed by atoms with Crippen LogP contribution in [0.1, 0.15) is 23.7 Å². The van der Waals surface area contributed by atoms with Gasteiger partial charge in [0, 0.05) is 44.0 Å². The summed E-state index contributed by atoms with van der Waals surface area (Å²) in [6.45, 7) is 2.17. The van der Waals surface area contributed by atoms with Crippen LogP contribution in [0.15, 0.2) is 47.6 Å². The van der Waals surface area contributed by atoms with Crippen LogP contribution in [0.2, 0.25) is 0 Å². The van der Waals surface area contributed by atoms with Crippen molar-refractivity contribution in [1.29, 1.82) is 0 Å². The molecule has 0 aliphatic carbocycles. The monoisotopic (exact) mass is 433 g/mol. The van der Waals surface area contributed by atoms with Crippen LogP contribution >= 0.6 is 0 Å². The summed E-state index contributed by atoms with van der Waals surface area (Å²) in [4.78, 5) is 22.7. The first kappa shape index (κ1) is 24.0. The maximum atomic E-state index is 12.6. The van der Waals surface area contributed by atoms with E-state index in [9.17, 15) is 13.6 Å². The minimum absolute atomic E-state index is 0.0543.